The van der Waals surface area contributed by atoms with Crippen molar-refractivity contribution in [2.24, 2.45) is 0 Å². The molecule has 0 atom stereocenters. The van der Waals surface area contributed by atoms with E-state index in [1.165, 1.54) is 18.2 Å². The number of benzene rings is 2. The topological polar surface area (TPSA) is 37.9 Å². The number of H-pyrrole nitrogens is 1. The van der Waals surface area contributed by atoms with Gasteiger partial charge in [0.25, 0.3) is 0 Å². The molecule has 3 nitrogen and oxygen atoms in total. The number of rotatable bonds is 3. The first-order chi connectivity index (χ1) is 12.6. The van der Waals surface area contributed by atoms with Crippen molar-refractivity contribution in [3.63, 3.8) is 0 Å². The first kappa shape index (κ1) is 16.3. The van der Waals surface area contributed by atoms with Crippen LogP contribution in [0, 0.1) is 18.6 Å². The summed E-state index contributed by atoms with van der Waals surface area (Å²) in [5.74, 6) is -0.620. The van der Waals surface area contributed by atoms with E-state index in [0.29, 0.717) is 11.6 Å². The van der Waals surface area contributed by atoms with Crippen LogP contribution in [-0.2, 0) is 0 Å². The van der Waals surface area contributed by atoms with Gasteiger partial charge in [-0.05, 0) is 48.4 Å². The molecule has 0 unspecified atom stereocenters. The van der Waals surface area contributed by atoms with Crippen molar-refractivity contribution in [3.8, 4) is 28.3 Å². The van der Waals surface area contributed by atoms with Crippen molar-refractivity contribution in [3.05, 3.63) is 71.9 Å². The Morgan fingerprint density at radius 2 is 1.77 bits per heavy atom. The molecule has 0 aliphatic carbocycles. The standard InChI is InChI=1S/C21H16F2N2O/c1-12-8-20(26-2)24-11-15(12)13-6-7-18-14(9-13)10-19(25-18)21-16(22)4-3-5-17(21)23/h3-11,25H,1-2H3. The lowest BCUT2D eigenvalue weighted by molar-refractivity contribution is 0.397. The van der Waals surface area contributed by atoms with Gasteiger partial charge in [0.1, 0.15) is 11.6 Å². The summed E-state index contributed by atoms with van der Waals surface area (Å²) >= 11 is 0. The number of fused-ring (bicyclic) bond motifs is 1. The summed E-state index contributed by atoms with van der Waals surface area (Å²) in [6.07, 6.45) is 1.76. The molecule has 0 fully saturated rings. The summed E-state index contributed by atoms with van der Waals surface area (Å²) in [4.78, 5) is 7.35. The summed E-state index contributed by atoms with van der Waals surface area (Å²) in [7, 11) is 1.58. The average molecular weight is 350 g/mol. The van der Waals surface area contributed by atoms with Crippen LogP contribution < -0.4 is 4.74 Å². The van der Waals surface area contributed by atoms with Gasteiger partial charge in [-0.1, -0.05) is 12.1 Å². The van der Waals surface area contributed by atoms with E-state index in [1.807, 2.05) is 31.2 Å². The Hall–Kier alpha value is -3.21. The molecule has 2 heterocycles. The maximum absolute atomic E-state index is 14.1. The van der Waals surface area contributed by atoms with Gasteiger partial charge >= 0.3 is 0 Å². The highest BCUT2D eigenvalue weighted by Gasteiger charge is 2.14. The Balaban J connectivity index is 1.82. The third-order valence-corrected chi connectivity index (χ3v) is 4.46. The summed E-state index contributed by atoms with van der Waals surface area (Å²) in [5, 5.41) is 0.871. The minimum atomic E-state index is -0.591. The molecule has 0 saturated carbocycles. The van der Waals surface area contributed by atoms with Gasteiger partial charge in [-0.15, -0.1) is 0 Å². The van der Waals surface area contributed by atoms with Crippen LogP contribution in [-0.4, -0.2) is 17.1 Å². The predicted molar refractivity (Wildman–Crippen MR) is 98.2 cm³/mol. The highest BCUT2D eigenvalue weighted by Crippen LogP contribution is 2.32. The van der Waals surface area contributed by atoms with Crippen molar-refractivity contribution in [2.75, 3.05) is 7.11 Å². The smallest absolute Gasteiger partial charge is 0.213 e. The first-order valence-electron chi connectivity index (χ1n) is 8.15. The number of hydrogen-bond donors (Lipinski definition) is 1. The number of halogens is 2. The number of aryl methyl sites for hydroxylation is 1. The average Bonchev–Trinajstić information content (AvgIpc) is 3.04. The highest BCUT2D eigenvalue weighted by molar-refractivity contribution is 5.90. The minimum absolute atomic E-state index is 0.0486. The van der Waals surface area contributed by atoms with Crippen LogP contribution >= 0.6 is 0 Å². The number of pyridine rings is 1. The van der Waals surface area contributed by atoms with E-state index < -0.39 is 11.6 Å². The number of nitrogens with zero attached hydrogens (tertiary/aromatic N) is 1. The normalized spacial score (nSPS) is 11.1. The van der Waals surface area contributed by atoms with E-state index in [9.17, 15) is 8.78 Å². The van der Waals surface area contributed by atoms with Gasteiger partial charge in [0.05, 0.1) is 18.4 Å². The molecule has 4 rings (SSSR count). The monoisotopic (exact) mass is 350 g/mol. The number of aromatic nitrogens is 2. The molecule has 0 aliphatic rings. The molecule has 0 radical (unpaired) electrons. The van der Waals surface area contributed by atoms with Gasteiger partial charge in [0.2, 0.25) is 5.88 Å². The number of hydrogen-bond acceptors (Lipinski definition) is 2. The minimum Gasteiger partial charge on any atom is -0.481 e. The molecule has 2 aromatic carbocycles. The Kier molecular flexibility index (Phi) is 3.92. The van der Waals surface area contributed by atoms with E-state index in [1.54, 1.807) is 19.4 Å². The zero-order chi connectivity index (χ0) is 18.3. The number of methoxy groups -OCH3 is 1. The van der Waals surface area contributed by atoms with E-state index in [0.717, 1.165) is 27.6 Å². The molecular weight excluding hydrogens is 334 g/mol. The van der Waals surface area contributed by atoms with Crippen molar-refractivity contribution in [2.45, 2.75) is 6.92 Å². The first-order valence-corrected chi connectivity index (χ1v) is 8.15. The van der Waals surface area contributed by atoms with Crippen molar-refractivity contribution >= 4 is 10.9 Å². The summed E-state index contributed by atoms with van der Waals surface area (Å²) in [5.41, 5.74) is 4.17. The number of ether oxygens (including phenoxy) is 1. The lowest BCUT2D eigenvalue weighted by Gasteiger charge is -2.07. The van der Waals surface area contributed by atoms with E-state index in [-0.39, 0.29) is 5.56 Å². The Labute approximate surface area is 149 Å². The fourth-order valence-electron chi connectivity index (χ4n) is 3.13. The summed E-state index contributed by atoms with van der Waals surface area (Å²) < 4.78 is 33.2. The molecule has 26 heavy (non-hydrogen) atoms. The van der Waals surface area contributed by atoms with Crippen molar-refractivity contribution in [1.29, 1.82) is 0 Å². The molecule has 2 aromatic heterocycles. The molecule has 0 amide bonds. The third kappa shape index (κ3) is 2.71. The lowest BCUT2D eigenvalue weighted by Crippen LogP contribution is -1.91. The fourth-order valence-corrected chi connectivity index (χ4v) is 3.13. The van der Waals surface area contributed by atoms with Crippen LogP contribution in [0.4, 0.5) is 8.78 Å². The highest BCUT2D eigenvalue weighted by atomic mass is 19.1. The van der Waals surface area contributed by atoms with Crippen molar-refractivity contribution < 1.29 is 13.5 Å². The molecule has 0 bridgehead atoms. The van der Waals surface area contributed by atoms with E-state index >= 15 is 0 Å². The SMILES string of the molecule is COc1cc(C)c(-c2ccc3[nH]c(-c4c(F)cccc4F)cc3c2)cn1. The van der Waals surface area contributed by atoms with Crippen molar-refractivity contribution in [1.82, 2.24) is 9.97 Å². The molecule has 0 aliphatic heterocycles. The largest absolute Gasteiger partial charge is 0.481 e. The van der Waals surface area contributed by atoms with Gasteiger partial charge in [0.15, 0.2) is 0 Å². The van der Waals surface area contributed by atoms with Crippen LogP contribution in [0.1, 0.15) is 5.56 Å². The Bertz CT molecular complexity index is 1100. The molecule has 1 N–H and O–H groups in total. The van der Waals surface area contributed by atoms with Gasteiger partial charge < -0.3 is 9.72 Å². The zero-order valence-corrected chi connectivity index (χ0v) is 14.3. The van der Waals surface area contributed by atoms with Crippen LogP contribution in [0.3, 0.4) is 0 Å². The van der Waals surface area contributed by atoms with Crippen LogP contribution in [0.25, 0.3) is 33.3 Å². The van der Waals surface area contributed by atoms with Crippen LogP contribution in [0.15, 0.2) is 54.7 Å². The Morgan fingerprint density at radius 3 is 2.46 bits per heavy atom. The second kappa shape index (κ2) is 6.26. The second-order valence-corrected chi connectivity index (χ2v) is 6.12. The zero-order valence-electron chi connectivity index (χ0n) is 14.3. The lowest BCUT2D eigenvalue weighted by atomic mass is 10.0. The molecule has 0 saturated heterocycles. The summed E-state index contributed by atoms with van der Waals surface area (Å²) in [6.45, 7) is 1.99. The fraction of sp³-hybridized carbons (Fsp3) is 0.0952. The molecule has 5 heteroatoms. The molecule has 130 valence electrons. The Morgan fingerprint density at radius 1 is 1.00 bits per heavy atom. The van der Waals surface area contributed by atoms with Gasteiger partial charge in [-0.25, -0.2) is 13.8 Å². The van der Waals surface area contributed by atoms with Gasteiger partial charge in [-0.2, -0.15) is 0 Å². The van der Waals surface area contributed by atoms with Gasteiger partial charge in [-0.3, -0.25) is 0 Å². The third-order valence-electron chi connectivity index (χ3n) is 4.46. The van der Waals surface area contributed by atoms with E-state index in [2.05, 4.69) is 9.97 Å². The maximum Gasteiger partial charge on any atom is 0.213 e. The molecule has 0 spiro atoms. The molecule has 4 aromatic rings. The quantitative estimate of drug-likeness (QED) is 0.530. The number of aromatic amines is 1. The van der Waals surface area contributed by atoms with Crippen LogP contribution in [0.5, 0.6) is 5.88 Å². The predicted octanol–water partition coefficient (Wildman–Crippen LogP) is 5.49. The van der Waals surface area contributed by atoms with Crippen LogP contribution in [0.2, 0.25) is 0 Å². The maximum atomic E-state index is 14.1. The number of nitrogens with one attached hydrogen (secondary N) is 1. The molecular formula is C21H16F2N2O. The summed E-state index contributed by atoms with van der Waals surface area (Å²) in [6, 6.07) is 13.3. The second-order valence-electron chi connectivity index (χ2n) is 6.12. The van der Waals surface area contributed by atoms with E-state index in [4.69, 9.17) is 4.74 Å². The van der Waals surface area contributed by atoms with Gasteiger partial charge in [0, 0.05) is 28.7 Å².